The molecule has 0 bridgehead atoms. The summed E-state index contributed by atoms with van der Waals surface area (Å²) in [6.45, 7) is 0.407. The molecule has 3 nitrogen and oxygen atoms in total. The molecule has 0 radical (unpaired) electrons. The summed E-state index contributed by atoms with van der Waals surface area (Å²) in [5.41, 5.74) is 1.14. The second kappa shape index (κ2) is 6.64. The third kappa shape index (κ3) is 3.89. The first-order valence-electron chi connectivity index (χ1n) is 5.96. The molecule has 20 heavy (non-hydrogen) atoms. The first-order valence-corrected chi connectivity index (χ1v) is 6.72. The van der Waals surface area contributed by atoms with Gasteiger partial charge in [-0.15, -0.1) is 0 Å². The third-order valence-electron chi connectivity index (χ3n) is 2.74. The maximum Gasteiger partial charge on any atom is 0.335 e. The number of ether oxygens (including phenoxy) is 1. The maximum atomic E-state index is 10.8. The topological polar surface area (TPSA) is 46.5 Å². The van der Waals surface area contributed by atoms with Crippen molar-refractivity contribution in [3.8, 4) is 5.75 Å². The Kier molecular flexibility index (Phi) is 4.88. The van der Waals surface area contributed by atoms with Gasteiger partial charge in [0.05, 0.1) is 12.2 Å². The average Bonchev–Trinajstić information content (AvgIpc) is 2.41. The van der Waals surface area contributed by atoms with E-state index >= 15 is 0 Å². The molecule has 0 heterocycles. The van der Waals surface area contributed by atoms with E-state index in [4.69, 9.17) is 33.0 Å². The molecule has 0 spiro atoms. The first-order chi connectivity index (χ1) is 9.56. The van der Waals surface area contributed by atoms with E-state index in [2.05, 4.69) is 0 Å². The second-order valence-electron chi connectivity index (χ2n) is 4.17. The highest BCUT2D eigenvalue weighted by Crippen LogP contribution is 2.22. The van der Waals surface area contributed by atoms with Gasteiger partial charge < -0.3 is 9.84 Å². The van der Waals surface area contributed by atoms with Crippen LogP contribution in [0, 0.1) is 0 Å². The van der Waals surface area contributed by atoms with Crippen LogP contribution in [0.15, 0.2) is 42.5 Å². The van der Waals surface area contributed by atoms with Gasteiger partial charge in [-0.2, -0.15) is 0 Å². The van der Waals surface area contributed by atoms with Crippen LogP contribution in [0.3, 0.4) is 0 Å². The van der Waals surface area contributed by atoms with Crippen molar-refractivity contribution in [2.75, 3.05) is 6.61 Å². The number of hydrogen-bond acceptors (Lipinski definition) is 2. The first kappa shape index (κ1) is 14.7. The Bertz CT molecular complexity index is 626. The molecular formula is C15H12Cl2O3. The fourth-order valence-electron chi connectivity index (χ4n) is 1.72. The van der Waals surface area contributed by atoms with Gasteiger partial charge in [0.1, 0.15) is 5.75 Å². The van der Waals surface area contributed by atoms with E-state index < -0.39 is 5.97 Å². The van der Waals surface area contributed by atoms with Crippen molar-refractivity contribution >= 4 is 29.2 Å². The van der Waals surface area contributed by atoms with Gasteiger partial charge in [0.25, 0.3) is 0 Å². The number of carboxylic acid groups (broad SMARTS) is 1. The van der Waals surface area contributed by atoms with Gasteiger partial charge in [0.2, 0.25) is 0 Å². The monoisotopic (exact) mass is 310 g/mol. The number of carbonyl (C=O) groups is 1. The average molecular weight is 311 g/mol. The molecule has 0 fully saturated rings. The summed E-state index contributed by atoms with van der Waals surface area (Å²) in [4.78, 5) is 10.8. The van der Waals surface area contributed by atoms with E-state index in [0.29, 0.717) is 28.8 Å². The number of halogens is 2. The smallest absolute Gasteiger partial charge is 0.335 e. The van der Waals surface area contributed by atoms with Gasteiger partial charge in [-0.3, -0.25) is 0 Å². The molecule has 1 N–H and O–H groups in total. The van der Waals surface area contributed by atoms with Crippen molar-refractivity contribution in [3.05, 3.63) is 63.6 Å². The van der Waals surface area contributed by atoms with Gasteiger partial charge in [-0.25, -0.2) is 4.79 Å². The van der Waals surface area contributed by atoms with Gasteiger partial charge in [-0.05, 0) is 35.9 Å². The molecule has 104 valence electrons. The lowest BCUT2D eigenvalue weighted by molar-refractivity contribution is 0.0696. The maximum absolute atomic E-state index is 10.8. The molecule has 0 aliphatic heterocycles. The SMILES string of the molecule is O=C(O)c1cccc(OCCc2ccc(Cl)cc2Cl)c1. The largest absolute Gasteiger partial charge is 0.493 e. The predicted octanol–water partition coefficient (Wildman–Crippen LogP) is 4.31. The summed E-state index contributed by atoms with van der Waals surface area (Å²) in [5.74, 6) is -0.453. The minimum absolute atomic E-state index is 0.201. The molecule has 2 rings (SSSR count). The highest BCUT2D eigenvalue weighted by molar-refractivity contribution is 6.35. The van der Waals surface area contributed by atoms with Crippen LogP contribution in [0.25, 0.3) is 0 Å². The lowest BCUT2D eigenvalue weighted by atomic mass is 10.1. The van der Waals surface area contributed by atoms with E-state index in [1.165, 1.54) is 12.1 Å². The van der Waals surface area contributed by atoms with Crippen molar-refractivity contribution < 1.29 is 14.6 Å². The third-order valence-corrected chi connectivity index (χ3v) is 3.32. The summed E-state index contributed by atoms with van der Waals surface area (Å²) in [6, 6.07) is 11.7. The van der Waals surface area contributed by atoms with Crippen molar-refractivity contribution in [2.45, 2.75) is 6.42 Å². The minimum Gasteiger partial charge on any atom is -0.493 e. The molecular weight excluding hydrogens is 299 g/mol. The Balaban J connectivity index is 1.96. The zero-order valence-electron chi connectivity index (χ0n) is 10.5. The highest BCUT2D eigenvalue weighted by atomic mass is 35.5. The Labute approximate surface area is 126 Å². The van der Waals surface area contributed by atoms with E-state index in [1.807, 2.05) is 6.07 Å². The van der Waals surface area contributed by atoms with E-state index in [0.717, 1.165) is 5.56 Å². The summed E-state index contributed by atoms with van der Waals surface area (Å²) >= 11 is 11.9. The lowest BCUT2D eigenvalue weighted by Crippen LogP contribution is -2.03. The van der Waals surface area contributed by atoms with Gasteiger partial charge >= 0.3 is 5.97 Å². The van der Waals surface area contributed by atoms with Gasteiger partial charge in [0.15, 0.2) is 0 Å². The van der Waals surface area contributed by atoms with Crippen LogP contribution in [0.4, 0.5) is 0 Å². The van der Waals surface area contributed by atoms with Crippen molar-refractivity contribution in [3.63, 3.8) is 0 Å². The Morgan fingerprint density at radius 3 is 2.65 bits per heavy atom. The Hall–Kier alpha value is -1.71. The number of carboxylic acids is 1. The fraction of sp³-hybridized carbons (Fsp3) is 0.133. The van der Waals surface area contributed by atoms with Crippen LogP contribution in [0.5, 0.6) is 5.75 Å². The Morgan fingerprint density at radius 1 is 1.15 bits per heavy atom. The predicted molar refractivity (Wildman–Crippen MR) is 79.1 cm³/mol. The Morgan fingerprint density at radius 2 is 1.95 bits per heavy atom. The molecule has 0 saturated heterocycles. The van der Waals surface area contributed by atoms with Crippen molar-refractivity contribution in [1.29, 1.82) is 0 Å². The number of rotatable bonds is 5. The van der Waals surface area contributed by atoms with E-state index in [-0.39, 0.29) is 5.56 Å². The van der Waals surface area contributed by atoms with Crippen LogP contribution in [-0.2, 0) is 6.42 Å². The molecule has 2 aromatic rings. The summed E-state index contributed by atoms with van der Waals surface area (Å²) in [5, 5.41) is 10.1. The van der Waals surface area contributed by atoms with Crippen LogP contribution in [0.2, 0.25) is 10.0 Å². The van der Waals surface area contributed by atoms with Crippen LogP contribution in [0.1, 0.15) is 15.9 Å². The van der Waals surface area contributed by atoms with Crippen molar-refractivity contribution in [1.82, 2.24) is 0 Å². The zero-order chi connectivity index (χ0) is 14.5. The molecule has 0 unspecified atom stereocenters. The molecule has 0 amide bonds. The summed E-state index contributed by atoms with van der Waals surface area (Å²) in [6.07, 6.45) is 0.618. The zero-order valence-corrected chi connectivity index (χ0v) is 12.0. The normalized spacial score (nSPS) is 10.3. The molecule has 2 aromatic carbocycles. The van der Waals surface area contributed by atoms with Crippen LogP contribution >= 0.6 is 23.2 Å². The number of benzene rings is 2. The van der Waals surface area contributed by atoms with Gasteiger partial charge in [-0.1, -0.05) is 35.3 Å². The molecule has 0 saturated carbocycles. The number of hydrogen-bond donors (Lipinski definition) is 1. The summed E-state index contributed by atoms with van der Waals surface area (Å²) in [7, 11) is 0. The standard InChI is InChI=1S/C15H12Cl2O3/c16-12-5-4-10(14(17)9-12)6-7-20-13-3-1-2-11(8-13)15(18)19/h1-5,8-9H,6-7H2,(H,18,19). The number of aromatic carboxylic acids is 1. The molecule has 0 atom stereocenters. The highest BCUT2D eigenvalue weighted by Gasteiger charge is 2.05. The van der Waals surface area contributed by atoms with E-state index in [1.54, 1.807) is 24.3 Å². The molecule has 5 heteroatoms. The fourth-order valence-corrected chi connectivity index (χ4v) is 2.23. The van der Waals surface area contributed by atoms with Crippen LogP contribution < -0.4 is 4.74 Å². The molecule has 0 aromatic heterocycles. The van der Waals surface area contributed by atoms with Crippen LogP contribution in [-0.4, -0.2) is 17.7 Å². The summed E-state index contributed by atoms with van der Waals surface area (Å²) < 4.78 is 5.53. The quantitative estimate of drug-likeness (QED) is 0.895. The lowest BCUT2D eigenvalue weighted by Gasteiger charge is -2.08. The molecule has 0 aliphatic carbocycles. The second-order valence-corrected chi connectivity index (χ2v) is 5.01. The molecule has 0 aliphatic rings. The minimum atomic E-state index is -0.976. The van der Waals surface area contributed by atoms with Gasteiger partial charge in [0, 0.05) is 16.5 Å². The van der Waals surface area contributed by atoms with E-state index in [9.17, 15) is 4.79 Å². The van der Waals surface area contributed by atoms with Crippen molar-refractivity contribution in [2.24, 2.45) is 0 Å².